The van der Waals surface area contributed by atoms with Crippen LogP contribution >= 0.6 is 0 Å². The number of unbranched alkanes of at least 4 members (excludes halogenated alkanes) is 30. The number of rotatable bonds is 53. The summed E-state index contributed by atoms with van der Waals surface area (Å²) in [7, 11) is 0. The lowest BCUT2D eigenvalue weighted by atomic mass is 10.1. The van der Waals surface area contributed by atoms with E-state index in [1.54, 1.807) is 0 Å². The fraction of sp³-hybridized carbons (Fsp3) is 0.682. The Morgan fingerprint density at radius 3 is 0.764 bits per heavy atom. The monoisotopic (exact) mass is 999 g/mol. The molecule has 0 aromatic carbocycles. The van der Waals surface area contributed by atoms with Gasteiger partial charge in [-0.15, -0.1) is 0 Å². The van der Waals surface area contributed by atoms with E-state index in [4.69, 9.17) is 14.2 Å². The normalized spacial score (nSPS) is 12.5. The summed E-state index contributed by atoms with van der Waals surface area (Å²) in [6.45, 7) is 6.55. The standard InChI is InChI=1S/C66H110O6/c1-4-7-10-13-16-19-22-25-28-31-34-37-40-43-46-49-52-55-58-64(67)70-61-63(72-66(69)60-57-54-51-48-45-42-39-36-33-30-27-24-21-18-15-12-9-6-3)62-71-65(68)59-56-53-50-47-44-41-38-35-32-29-26-23-20-17-14-11-8-5-2/h22-39,63H,4-21,40-62H2,1-3H3/b25-22-,26-23-,27-24-,31-28-,32-29-,33-30-,37-34-,38-35-,39-36-. The second kappa shape index (κ2) is 59.6. The Balaban J connectivity index is 4.53. The van der Waals surface area contributed by atoms with Crippen molar-refractivity contribution in [1.82, 2.24) is 0 Å². The Hall–Kier alpha value is -3.93. The number of esters is 3. The largest absolute Gasteiger partial charge is 0.462 e. The lowest BCUT2D eigenvalue weighted by Crippen LogP contribution is -2.30. The van der Waals surface area contributed by atoms with Gasteiger partial charge < -0.3 is 14.2 Å². The zero-order valence-corrected chi connectivity index (χ0v) is 46.9. The maximum absolute atomic E-state index is 12.9. The van der Waals surface area contributed by atoms with Crippen LogP contribution in [0.4, 0.5) is 0 Å². The van der Waals surface area contributed by atoms with Crippen LogP contribution < -0.4 is 0 Å². The highest BCUT2D eigenvalue weighted by atomic mass is 16.6. The average Bonchev–Trinajstić information content (AvgIpc) is 3.38. The first-order chi connectivity index (χ1) is 35.5. The quantitative estimate of drug-likeness (QED) is 0.0261. The summed E-state index contributed by atoms with van der Waals surface area (Å²) < 4.78 is 16.8. The molecule has 0 heterocycles. The van der Waals surface area contributed by atoms with Gasteiger partial charge in [0.25, 0.3) is 0 Å². The Morgan fingerprint density at radius 2 is 0.500 bits per heavy atom. The van der Waals surface area contributed by atoms with Crippen LogP contribution in [0.5, 0.6) is 0 Å². The molecular formula is C66H110O6. The zero-order valence-electron chi connectivity index (χ0n) is 46.9. The minimum Gasteiger partial charge on any atom is -0.462 e. The molecule has 0 saturated heterocycles. The minimum atomic E-state index is -0.809. The molecule has 0 saturated carbocycles. The molecule has 0 bridgehead atoms. The van der Waals surface area contributed by atoms with Crippen LogP contribution in [0.25, 0.3) is 0 Å². The van der Waals surface area contributed by atoms with Crippen molar-refractivity contribution >= 4 is 17.9 Å². The second-order valence-electron chi connectivity index (χ2n) is 19.7. The average molecular weight is 1000 g/mol. The number of hydrogen-bond donors (Lipinski definition) is 0. The van der Waals surface area contributed by atoms with Gasteiger partial charge in [-0.1, -0.05) is 265 Å². The maximum atomic E-state index is 12.9. The van der Waals surface area contributed by atoms with E-state index in [9.17, 15) is 14.4 Å². The van der Waals surface area contributed by atoms with Gasteiger partial charge in [0.05, 0.1) is 0 Å². The van der Waals surface area contributed by atoms with E-state index in [0.717, 1.165) is 135 Å². The zero-order chi connectivity index (χ0) is 52.2. The van der Waals surface area contributed by atoms with Crippen molar-refractivity contribution in [3.05, 3.63) is 109 Å². The van der Waals surface area contributed by atoms with Crippen LogP contribution in [0.3, 0.4) is 0 Å². The number of ether oxygens (including phenoxy) is 3. The van der Waals surface area contributed by atoms with Gasteiger partial charge in [-0.05, 0) is 96.3 Å². The molecule has 0 unspecified atom stereocenters. The summed E-state index contributed by atoms with van der Waals surface area (Å²) in [6, 6.07) is 0. The van der Waals surface area contributed by atoms with E-state index >= 15 is 0 Å². The van der Waals surface area contributed by atoms with Crippen molar-refractivity contribution in [2.24, 2.45) is 0 Å². The molecule has 6 heteroatoms. The summed E-state index contributed by atoms with van der Waals surface area (Å²) >= 11 is 0. The van der Waals surface area contributed by atoms with E-state index < -0.39 is 6.10 Å². The molecule has 0 aliphatic heterocycles. The highest BCUT2D eigenvalue weighted by molar-refractivity contribution is 5.71. The van der Waals surface area contributed by atoms with Crippen LogP contribution in [-0.4, -0.2) is 37.2 Å². The van der Waals surface area contributed by atoms with Gasteiger partial charge in [-0.3, -0.25) is 14.4 Å². The molecule has 0 atom stereocenters. The molecule has 0 N–H and O–H groups in total. The van der Waals surface area contributed by atoms with E-state index in [2.05, 4.69) is 130 Å². The van der Waals surface area contributed by atoms with Crippen molar-refractivity contribution in [2.45, 2.75) is 277 Å². The van der Waals surface area contributed by atoms with Gasteiger partial charge in [0.1, 0.15) is 13.2 Å². The third-order valence-electron chi connectivity index (χ3n) is 12.7. The van der Waals surface area contributed by atoms with Crippen molar-refractivity contribution in [2.75, 3.05) is 13.2 Å². The highest BCUT2D eigenvalue weighted by Gasteiger charge is 2.19. The number of hydrogen-bond acceptors (Lipinski definition) is 6. The molecule has 0 radical (unpaired) electrons. The van der Waals surface area contributed by atoms with Gasteiger partial charge in [0.15, 0.2) is 6.10 Å². The van der Waals surface area contributed by atoms with Gasteiger partial charge in [0.2, 0.25) is 0 Å². The van der Waals surface area contributed by atoms with Crippen LogP contribution in [0.1, 0.15) is 271 Å². The summed E-state index contributed by atoms with van der Waals surface area (Å²) in [5.74, 6) is -0.960. The molecule has 72 heavy (non-hydrogen) atoms. The molecule has 0 aromatic heterocycles. The Labute approximate surface area is 444 Å². The molecule has 0 amide bonds. The molecular weight excluding hydrogens is 889 g/mol. The molecule has 0 fully saturated rings. The minimum absolute atomic E-state index is 0.105. The lowest BCUT2D eigenvalue weighted by Gasteiger charge is -2.18. The van der Waals surface area contributed by atoms with Gasteiger partial charge in [-0.2, -0.15) is 0 Å². The molecule has 0 aliphatic carbocycles. The SMILES string of the molecule is CCCCCCC\C=C/C=C\C=C/CCCCCCCC(=O)OCC(COC(=O)CCCCCCC\C=C/C=C\C=C/CCCCCCC)OC(=O)CCCCCCC\C=C/C=C\C=C/CCCCCCC. The summed E-state index contributed by atoms with van der Waals surface area (Å²) in [5.41, 5.74) is 0. The van der Waals surface area contributed by atoms with Gasteiger partial charge in [-0.25, -0.2) is 0 Å². The molecule has 0 aromatic rings. The first kappa shape index (κ1) is 68.1. The van der Waals surface area contributed by atoms with E-state index in [0.29, 0.717) is 19.3 Å². The fourth-order valence-corrected chi connectivity index (χ4v) is 8.09. The van der Waals surface area contributed by atoms with Crippen LogP contribution in [0.15, 0.2) is 109 Å². The number of carbonyl (C=O) groups is 3. The Kier molecular flexibility index (Phi) is 56.4. The van der Waals surface area contributed by atoms with Crippen molar-refractivity contribution in [3.8, 4) is 0 Å². The molecule has 0 aliphatic rings. The second-order valence-corrected chi connectivity index (χ2v) is 19.7. The predicted molar refractivity (Wildman–Crippen MR) is 311 cm³/mol. The molecule has 0 rings (SSSR count). The van der Waals surface area contributed by atoms with Crippen molar-refractivity contribution in [1.29, 1.82) is 0 Å². The van der Waals surface area contributed by atoms with Crippen molar-refractivity contribution < 1.29 is 28.6 Å². The summed E-state index contributed by atoms with van der Waals surface area (Å²) in [4.78, 5) is 38.2. The first-order valence-corrected chi connectivity index (χ1v) is 30.0. The maximum Gasteiger partial charge on any atom is 0.306 e. The lowest BCUT2D eigenvalue weighted by molar-refractivity contribution is -0.167. The summed E-state index contributed by atoms with van der Waals surface area (Å²) in [5, 5.41) is 0. The molecule has 0 spiro atoms. The van der Waals surface area contributed by atoms with Crippen LogP contribution in [0, 0.1) is 0 Å². The Morgan fingerprint density at radius 1 is 0.278 bits per heavy atom. The van der Waals surface area contributed by atoms with E-state index in [-0.39, 0.29) is 31.1 Å². The Bertz CT molecular complexity index is 1400. The van der Waals surface area contributed by atoms with E-state index in [1.165, 1.54) is 96.3 Å². The third-order valence-corrected chi connectivity index (χ3v) is 12.7. The molecule has 410 valence electrons. The van der Waals surface area contributed by atoms with Gasteiger partial charge >= 0.3 is 17.9 Å². The topological polar surface area (TPSA) is 78.9 Å². The highest BCUT2D eigenvalue weighted by Crippen LogP contribution is 2.14. The summed E-state index contributed by atoms with van der Waals surface area (Å²) in [6.07, 6.45) is 80.7. The van der Waals surface area contributed by atoms with Crippen LogP contribution in [-0.2, 0) is 28.6 Å². The third kappa shape index (κ3) is 57.0. The fourth-order valence-electron chi connectivity index (χ4n) is 8.09. The molecule has 6 nitrogen and oxygen atoms in total. The predicted octanol–water partition coefficient (Wildman–Crippen LogP) is 20.3. The first-order valence-electron chi connectivity index (χ1n) is 30.0. The number of carbonyl (C=O) groups excluding carboxylic acids is 3. The van der Waals surface area contributed by atoms with Crippen molar-refractivity contribution in [3.63, 3.8) is 0 Å². The number of allylic oxidation sites excluding steroid dienone is 18. The van der Waals surface area contributed by atoms with Crippen LogP contribution in [0.2, 0.25) is 0 Å². The smallest absolute Gasteiger partial charge is 0.306 e. The van der Waals surface area contributed by atoms with E-state index in [1.807, 2.05) is 0 Å². The van der Waals surface area contributed by atoms with Gasteiger partial charge in [0, 0.05) is 19.3 Å².